The molecule has 0 saturated heterocycles. The third kappa shape index (κ3) is 3.95. The lowest BCUT2D eigenvalue weighted by Gasteiger charge is -2.11. The summed E-state index contributed by atoms with van der Waals surface area (Å²) in [6, 6.07) is 1.34. The van der Waals surface area contributed by atoms with Crippen molar-refractivity contribution in [2.45, 2.75) is 16.0 Å². The molecule has 0 aliphatic rings. The van der Waals surface area contributed by atoms with Crippen molar-refractivity contribution in [3.8, 4) is 0 Å². The first kappa shape index (κ1) is 22.0. The Morgan fingerprint density at radius 2 is 1.18 bits per heavy atom. The molecule has 0 aromatic heterocycles. The Morgan fingerprint density at radius 3 is 1.64 bits per heavy atom. The van der Waals surface area contributed by atoms with Crippen molar-refractivity contribution in [3.63, 3.8) is 0 Å². The van der Waals surface area contributed by atoms with Crippen molar-refractivity contribution < 1.29 is 55.6 Å². The molecule has 0 bridgehead atoms. The average Bonchev–Trinajstić information content (AvgIpc) is 2.56. The summed E-state index contributed by atoms with van der Waals surface area (Å²) < 4.78 is 155. The van der Waals surface area contributed by atoms with E-state index in [1.54, 1.807) is 0 Å². The summed E-state index contributed by atoms with van der Waals surface area (Å²) in [5.74, 6) is -14.0. The maximum Gasteiger partial charge on any atom is 0.416 e. The summed E-state index contributed by atoms with van der Waals surface area (Å²) >= 11 is 0. The van der Waals surface area contributed by atoms with Crippen LogP contribution >= 0.6 is 0 Å². The van der Waals surface area contributed by atoms with Gasteiger partial charge in [0.25, 0.3) is 0 Å². The van der Waals surface area contributed by atoms with E-state index in [1.807, 2.05) is 0 Å². The average molecular weight is 456 g/mol. The molecular weight excluding hydrogens is 452 g/mol. The molecule has 2 rings (SSSR count). The molecule has 154 valence electrons. The minimum Gasteiger partial charge on any atom is -0.202 e. The highest BCUT2D eigenvalue weighted by atomic mass is 32.3. The van der Waals surface area contributed by atoms with Gasteiger partial charge in [-0.3, -0.25) is 0 Å². The Bertz CT molecular complexity index is 1130. The molecular formula is C13H4F8O5S2. The summed E-state index contributed by atoms with van der Waals surface area (Å²) in [5, 5.41) is 0. The molecule has 0 saturated carbocycles. The Kier molecular flexibility index (Phi) is 5.48. The van der Waals surface area contributed by atoms with Gasteiger partial charge in [-0.1, -0.05) is 6.07 Å². The molecule has 15 heteroatoms. The van der Waals surface area contributed by atoms with Crippen LogP contribution < -0.4 is 0 Å². The highest BCUT2D eigenvalue weighted by Gasteiger charge is 2.38. The Morgan fingerprint density at radius 1 is 0.714 bits per heavy atom. The lowest BCUT2D eigenvalue weighted by atomic mass is 10.2. The van der Waals surface area contributed by atoms with Crippen molar-refractivity contribution >= 4 is 20.2 Å². The van der Waals surface area contributed by atoms with Crippen molar-refractivity contribution in [3.05, 3.63) is 58.9 Å². The molecule has 28 heavy (non-hydrogen) atoms. The van der Waals surface area contributed by atoms with Gasteiger partial charge in [-0.05, 0) is 18.2 Å². The van der Waals surface area contributed by atoms with Gasteiger partial charge in [-0.15, -0.1) is 3.63 Å². The van der Waals surface area contributed by atoms with Crippen LogP contribution in [-0.4, -0.2) is 16.8 Å². The van der Waals surface area contributed by atoms with Gasteiger partial charge < -0.3 is 0 Å². The molecule has 0 fully saturated rings. The molecule has 0 unspecified atom stereocenters. The Labute approximate surface area is 151 Å². The van der Waals surface area contributed by atoms with Crippen LogP contribution in [0, 0.1) is 29.1 Å². The van der Waals surface area contributed by atoms with Gasteiger partial charge in [0.1, 0.15) is 0 Å². The monoisotopic (exact) mass is 456 g/mol. The van der Waals surface area contributed by atoms with Crippen molar-refractivity contribution in [1.82, 2.24) is 0 Å². The second kappa shape index (κ2) is 6.97. The molecule has 0 N–H and O–H groups in total. The number of halogens is 8. The first-order valence-electron chi connectivity index (χ1n) is 6.49. The van der Waals surface area contributed by atoms with Crippen LogP contribution in [-0.2, 0) is 30.0 Å². The van der Waals surface area contributed by atoms with Crippen LogP contribution in [0.15, 0.2) is 34.1 Å². The third-order valence-electron chi connectivity index (χ3n) is 3.05. The zero-order valence-electron chi connectivity index (χ0n) is 12.7. The Balaban J connectivity index is 2.60. The lowest BCUT2D eigenvalue weighted by molar-refractivity contribution is -0.137. The first-order chi connectivity index (χ1) is 12.6. The van der Waals surface area contributed by atoms with Gasteiger partial charge in [0.15, 0.2) is 28.2 Å². The summed E-state index contributed by atoms with van der Waals surface area (Å²) in [5.41, 5.74) is -1.55. The largest absolute Gasteiger partial charge is 0.416 e. The fourth-order valence-electron chi connectivity index (χ4n) is 1.82. The normalized spacial score (nSPS) is 13.0. The van der Waals surface area contributed by atoms with E-state index in [9.17, 15) is 52.0 Å². The smallest absolute Gasteiger partial charge is 0.202 e. The number of benzene rings is 2. The molecule has 2 aromatic rings. The van der Waals surface area contributed by atoms with E-state index in [0.29, 0.717) is 18.2 Å². The van der Waals surface area contributed by atoms with Crippen LogP contribution in [0.1, 0.15) is 5.56 Å². The van der Waals surface area contributed by atoms with Gasteiger partial charge >= 0.3 is 26.4 Å². The molecule has 0 aliphatic heterocycles. The minimum absolute atomic E-state index is 0.0661. The molecule has 5 nitrogen and oxygen atoms in total. The highest BCUT2D eigenvalue weighted by molar-refractivity contribution is 7.99. The fraction of sp³-hybridized carbons (Fsp3) is 0.0769. The minimum atomic E-state index is -6.20. The zero-order chi connectivity index (χ0) is 21.7. The maximum absolute atomic E-state index is 13.6. The molecule has 0 atom stereocenters. The summed E-state index contributed by atoms with van der Waals surface area (Å²) in [6.45, 7) is 0. The van der Waals surface area contributed by atoms with Gasteiger partial charge in [0.2, 0.25) is 5.82 Å². The SMILES string of the molecule is O=S(=O)(OS(=O)(=O)c1c(F)c(F)c(F)c(F)c1F)c1cccc(C(F)(F)F)c1. The molecule has 0 amide bonds. The number of hydrogen-bond acceptors (Lipinski definition) is 5. The molecule has 2 aromatic carbocycles. The van der Waals surface area contributed by atoms with E-state index in [4.69, 9.17) is 0 Å². The highest BCUT2D eigenvalue weighted by Crippen LogP contribution is 2.33. The zero-order valence-corrected chi connectivity index (χ0v) is 14.3. The third-order valence-corrected chi connectivity index (χ3v) is 6.17. The maximum atomic E-state index is 13.6. The van der Waals surface area contributed by atoms with Crippen molar-refractivity contribution in [2.24, 2.45) is 0 Å². The Hall–Kier alpha value is -2.26. The van der Waals surface area contributed by atoms with Crippen LogP contribution in [0.5, 0.6) is 0 Å². The molecule has 0 spiro atoms. The van der Waals surface area contributed by atoms with Crippen LogP contribution in [0.2, 0.25) is 0 Å². The van der Waals surface area contributed by atoms with Gasteiger partial charge in [0.05, 0.1) is 10.5 Å². The van der Waals surface area contributed by atoms with E-state index < -0.39 is 70.9 Å². The van der Waals surface area contributed by atoms with Gasteiger partial charge in [-0.25, -0.2) is 22.0 Å². The van der Waals surface area contributed by atoms with Crippen molar-refractivity contribution in [1.29, 1.82) is 0 Å². The van der Waals surface area contributed by atoms with Crippen LogP contribution in [0.3, 0.4) is 0 Å². The molecule has 0 aliphatic carbocycles. The number of rotatable bonds is 4. The molecule has 0 radical (unpaired) electrons. The second-order valence-electron chi connectivity index (χ2n) is 4.90. The predicted octanol–water partition coefficient (Wildman–Crippen LogP) is 3.50. The number of hydrogen-bond donors (Lipinski definition) is 0. The van der Waals surface area contributed by atoms with Crippen LogP contribution in [0.4, 0.5) is 35.1 Å². The van der Waals surface area contributed by atoms with E-state index in [2.05, 4.69) is 3.63 Å². The predicted molar refractivity (Wildman–Crippen MR) is 73.1 cm³/mol. The summed E-state index contributed by atoms with van der Waals surface area (Å²) in [6.07, 6.45) is -5.05. The van der Waals surface area contributed by atoms with Crippen LogP contribution in [0.25, 0.3) is 0 Å². The topological polar surface area (TPSA) is 77.5 Å². The second-order valence-corrected chi connectivity index (χ2v) is 8.14. The fourth-order valence-corrected chi connectivity index (χ4v) is 4.49. The van der Waals surface area contributed by atoms with E-state index in [-0.39, 0.29) is 6.07 Å². The van der Waals surface area contributed by atoms with E-state index >= 15 is 0 Å². The summed E-state index contributed by atoms with van der Waals surface area (Å²) in [7, 11) is -11.9. The van der Waals surface area contributed by atoms with E-state index in [0.717, 1.165) is 0 Å². The van der Waals surface area contributed by atoms with Gasteiger partial charge in [0, 0.05) is 0 Å². The van der Waals surface area contributed by atoms with Crippen molar-refractivity contribution in [2.75, 3.05) is 0 Å². The first-order valence-corrected chi connectivity index (χ1v) is 9.31. The lowest BCUT2D eigenvalue weighted by Crippen LogP contribution is -2.19. The molecule has 0 heterocycles. The number of alkyl halides is 3. The van der Waals surface area contributed by atoms with Gasteiger partial charge in [-0.2, -0.15) is 30.0 Å². The quantitative estimate of drug-likeness (QED) is 0.400. The standard InChI is InChI=1S/C13H4F8O5S2/c14-7-8(15)10(17)12(11(18)9(7)16)28(24,25)26-27(22,23)6-3-1-2-5(4-6)13(19,20)21/h1-4H. The summed E-state index contributed by atoms with van der Waals surface area (Å²) in [4.78, 5) is -4.03. The van der Waals surface area contributed by atoms with E-state index in [1.165, 1.54) is 0 Å².